The number of carbonyl (C=O) groups is 1. The van der Waals surface area contributed by atoms with Gasteiger partial charge in [-0.1, -0.05) is 18.2 Å². The highest BCUT2D eigenvalue weighted by molar-refractivity contribution is 5.91. The number of nitrogens with one attached hydrogen (secondary N) is 1. The predicted molar refractivity (Wildman–Crippen MR) is 105 cm³/mol. The lowest BCUT2D eigenvalue weighted by Gasteiger charge is -2.37. The predicted octanol–water partition coefficient (Wildman–Crippen LogP) is 3.02. The van der Waals surface area contributed by atoms with Gasteiger partial charge in [-0.15, -0.1) is 0 Å². The minimum Gasteiger partial charge on any atom is -0.491 e. The summed E-state index contributed by atoms with van der Waals surface area (Å²) in [5.74, 6) is 0.696. The van der Waals surface area contributed by atoms with Crippen LogP contribution in [-0.4, -0.2) is 59.6 Å². The molecule has 0 radical (unpaired) electrons. The van der Waals surface area contributed by atoms with Crippen LogP contribution in [0.25, 0.3) is 0 Å². The Morgan fingerprint density at radius 3 is 2.93 bits per heavy atom. The maximum atomic E-state index is 12.7. The molecule has 2 aliphatic heterocycles. The SMILES string of the molecule is O=C(Nc1ccccc1OCCc1ccccn1)N1CCN2CCC[C@@H]2C1. The van der Waals surface area contributed by atoms with Crippen LogP contribution in [0.2, 0.25) is 0 Å². The fraction of sp³-hybridized carbons (Fsp3) is 0.429. The van der Waals surface area contributed by atoms with Gasteiger partial charge in [0.15, 0.2) is 0 Å². The van der Waals surface area contributed by atoms with E-state index in [0.29, 0.717) is 18.4 Å². The Morgan fingerprint density at radius 2 is 2.04 bits per heavy atom. The number of rotatable bonds is 5. The van der Waals surface area contributed by atoms with Crippen LogP contribution >= 0.6 is 0 Å². The summed E-state index contributed by atoms with van der Waals surface area (Å²) in [6.07, 6.45) is 4.95. The maximum Gasteiger partial charge on any atom is 0.322 e. The van der Waals surface area contributed by atoms with Crippen LogP contribution in [-0.2, 0) is 6.42 Å². The molecule has 4 rings (SSSR count). The molecule has 6 heteroatoms. The molecule has 0 aliphatic carbocycles. The summed E-state index contributed by atoms with van der Waals surface area (Å²) in [6.45, 7) is 4.26. The number of para-hydroxylation sites is 2. The number of anilines is 1. The van der Waals surface area contributed by atoms with Gasteiger partial charge in [0.1, 0.15) is 5.75 Å². The van der Waals surface area contributed by atoms with Gasteiger partial charge in [0.2, 0.25) is 0 Å². The topological polar surface area (TPSA) is 57.7 Å². The standard InChI is InChI=1S/C21H26N4O2/c26-21(25-14-13-24-12-5-7-18(24)16-25)23-19-8-1-2-9-20(19)27-15-10-17-6-3-4-11-22-17/h1-4,6,8-9,11,18H,5,7,10,12-16H2,(H,23,26)/t18-/m1/s1. The van der Waals surface area contributed by atoms with E-state index >= 15 is 0 Å². The summed E-state index contributed by atoms with van der Waals surface area (Å²) in [5, 5.41) is 3.04. The second-order valence-electron chi connectivity index (χ2n) is 7.12. The van der Waals surface area contributed by atoms with E-state index in [1.165, 1.54) is 19.4 Å². The van der Waals surface area contributed by atoms with Crippen molar-refractivity contribution in [2.45, 2.75) is 25.3 Å². The van der Waals surface area contributed by atoms with Crippen molar-refractivity contribution in [2.75, 3.05) is 38.1 Å². The molecule has 0 saturated carbocycles. The molecule has 0 unspecified atom stereocenters. The van der Waals surface area contributed by atoms with E-state index in [4.69, 9.17) is 4.74 Å². The molecule has 1 aromatic carbocycles. The van der Waals surface area contributed by atoms with Crippen molar-refractivity contribution in [3.63, 3.8) is 0 Å². The first-order valence-electron chi connectivity index (χ1n) is 9.71. The number of aromatic nitrogens is 1. The molecular formula is C21H26N4O2. The fourth-order valence-electron chi connectivity index (χ4n) is 3.88. The van der Waals surface area contributed by atoms with Crippen molar-refractivity contribution in [1.82, 2.24) is 14.8 Å². The lowest BCUT2D eigenvalue weighted by Crippen LogP contribution is -2.53. The lowest BCUT2D eigenvalue weighted by molar-refractivity contribution is 0.124. The molecule has 27 heavy (non-hydrogen) atoms. The van der Waals surface area contributed by atoms with Crippen molar-refractivity contribution < 1.29 is 9.53 Å². The number of urea groups is 1. The average Bonchev–Trinajstić information content (AvgIpc) is 3.18. The van der Waals surface area contributed by atoms with Gasteiger partial charge in [-0.3, -0.25) is 9.88 Å². The van der Waals surface area contributed by atoms with Gasteiger partial charge >= 0.3 is 6.03 Å². The molecule has 142 valence electrons. The van der Waals surface area contributed by atoms with Crippen molar-refractivity contribution in [1.29, 1.82) is 0 Å². The Kier molecular flexibility index (Phi) is 5.53. The third-order valence-electron chi connectivity index (χ3n) is 5.35. The van der Waals surface area contributed by atoms with Gasteiger partial charge in [-0.25, -0.2) is 4.79 Å². The van der Waals surface area contributed by atoms with Crippen molar-refractivity contribution >= 4 is 11.7 Å². The first-order valence-corrected chi connectivity index (χ1v) is 9.71. The number of fused-ring (bicyclic) bond motifs is 1. The number of hydrogen-bond acceptors (Lipinski definition) is 4. The first kappa shape index (κ1) is 17.8. The second-order valence-corrected chi connectivity index (χ2v) is 7.12. The fourth-order valence-corrected chi connectivity index (χ4v) is 3.88. The molecule has 0 bridgehead atoms. The van der Waals surface area contributed by atoms with Gasteiger partial charge in [0.05, 0.1) is 12.3 Å². The van der Waals surface area contributed by atoms with Crippen LogP contribution in [0.3, 0.4) is 0 Å². The van der Waals surface area contributed by atoms with Crippen molar-refractivity contribution in [3.05, 3.63) is 54.4 Å². The van der Waals surface area contributed by atoms with Gasteiger partial charge in [0.25, 0.3) is 0 Å². The number of nitrogens with zero attached hydrogens (tertiary/aromatic N) is 3. The van der Waals surface area contributed by atoms with Crippen LogP contribution in [0.4, 0.5) is 10.5 Å². The van der Waals surface area contributed by atoms with Gasteiger partial charge in [-0.2, -0.15) is 0 Å². The molecule has 1 N–H and O–H groups in total. The summed E-state index contributed by atoms with van der Waals surface area (Å²) in [6, 6.07) is 14.0. The Balaban J connectivity index is 1.34. The Labute approximate surface area is 160 Å². The van der Waals surface area contributed by atoms with Crippen LogP contribution < -0.4 is 10.1 Å². The van der Waals surface area contributed by atoms with Gasteiger partial charge in [0, 0.05) is 44.0 Å². The van der Waals surface area contributed by atoms with Crippen LogP contribution in [0.1, 0.15) is 18.5 Å². The number of benzene rings is 1. The molecule has 6 nitrogen and oxygen atoms in total. The minimum atomic E-state index is -0.0395. The highest BCUT2D eigenvalue weighted by Crippen LogP contribution is 2.26. The van der Waals surface area contributed by atoms with E-state index in [2.05, 4.69) is 15.2 Å². The summed E-state index contributed by atoms with van der Waals surface area (Å²) in [5.41, 5.74) is 1.71. The Hall–Kier alpha value is -2.60. The lowest BCUT2D eigenvalue weighted by atomic mass is 10.1. The molecule has 2 fully saturated rings. The molecule has 1 atom stereocenters. The highest BCUT2D eigenvalue weighted by atomic mass is 16.5. The minimum absolute atomic E-state index is 0.0395. The van der Waals surface area contributed by atoms with Gasteiger partial charge < -0.3 is 15.0 Å². The summed E-state index contributed by atoms with van der Waals surface area (Å²) in [4.78, 5) is 21.5. The average molecular weight is 366 g/mol. The quantitative estimate of drug-likeness (QED) is 0.884. The van der Waals surface area contributed by atoms with Crippen LogP contribution in [0.5, 0.6) is 5.75 Å². The second kappa shape index (κ2) is 8.39. The first-order chi connectivity index (χ1) is 13.3. The zero-order valence-electron chi connectivity index (χ0n) is 15.5. The smallest absolute Gasteiger partial charge is 0.322 e. The number of pyridine rings is 1. The zero-order chi connectivity index (χ0) is 18.5. The number of carbonyl (C=O) groups excluding carboxylic acids is 1. The van der Waals surface area contributed by atoms with E-state index in [0.717, 1.165) is 37.4 Å². The number of piperazine rings is 1. The third-order valence-corrected chi connectivity index (χ3v) is 5.35. The number of amides is 2. The molecule has 3 heterocycles. The van der Waals surface area contributed by atoms with Gasteiger partial charge in [-0.05, 0) is 43.7 Å². The zero-order valence-corrected chi connectivity index (χ0v) is 15.5. The molecular weight excluding hydrogens is 340 g/mol. The largest absolute Gasteiger partial charge is 0.491 e. The molecule has 2 saturated heterocycles. The molecule has 1 aromatic heterocycles. The van der Waals surface area contributed by atoms with E-state index in [9.17, 15) is 4.79 Å². The van der Waals surface area contributed by atoms with Crippen LogP contribution in [0, 0.1) is 0 Å². The number of hydrogen-bond donors (Lipinski definition) is 1. The monoisotopic (exact) mass is 366 g/mol. The summed E-state index contributed by atoms with van der Waals surface area (Å²) >= 11 is 0. The van der Waals surface area contributed by atoms with E-state index in [-0.39, 0.29) is 6.03 Å². The molecule has 0 spiro atoms. The van der Waals surface area contributed by atoms with Crippen LogP contribution in [0.15, 0.2) is 48.7 Å². The Bertz CT molecular complexity index is 768. The van der Waals surface area contributed by atoms with E-state index < -0.39 is 0 Å². The van der Waals surface area contributed by atoms with Crippen molar-refractivity contribution in [3.8, 4) is 5.75 Å². The third kappa shape index (κ3) is 4.39. The van der Waals surface area contributed by atoms with Crippen molar-refractivity contribution in [2.24, 2.45) is 0 Å². The van der Waals surface area contributed by atoms with E-state index in [1.54, 1.807) is 6.20 Å². The summed E-state index contributed by atoms with van der Waals surface area (Å²) < 4.78 is 5.92. The number of ether oxygens (including phenoxy) is 1. The maximum absolute atomic E-state index is 12.7. The molecule has 2 aromatic rings. The highest BCUT2D eigenvalue weighted by Gasteiger charge is 2.32. The normalized spacial score (nSPS) is 19.6. The van der Waals surface area contributed by atoms with E-state index in [1.807, 2.05) is 47.4 Å². The molecule has 2 amide bonds. The molecule has 2 aliphatic rings. The Morgan fingerprint density at radius 1 is 1.15 bits per heavy atom. The summed E-state index contributed by atoms with van der Waals surface area (Å²) in [7, 11) is 0.